The van der Waals surface area contributed by atoms with E-state index >= 15 is 0 Å². The number of halogens is 1. The molecular weight excluding hydrogens is 224 g/mol. The zero-order chi connectivity index (χ0) is 9.14. The van der Waals surface area contributed by atoms with Gasteiger partial charge in [0.2, 0.25) is 0 Å². The van der Waals surface area contributed by atoms with Crippen LogP contribution in [0.1, 0.15) is 16.2 Å². The number of carbonyl (C=O) groups excluding carboxylic acids is 1. The molecule has 0 saturated heterocycles. The first-order valence-corrected chi connectivity index (χ1v) is 4.02. The maximum absolute atomic E-state index is 11.0. The molecule has 64 valence electrons. The van der Waals surface area contributed by atoms with Crippen molar-refractivity contribution in [2.45, 2.75) is 6.92 Å². The van der Waals surface area contributed by atoms with Crippen molar-refractivity contribution < 1.29 is 9.53 Å². The predicted octanol–water partition coefficient (Wildman–Crippen LogP) is 1.33. The van der Waals surface area contributed by atoms with E-state index in [4.69, 9.17) is 0 Å². The summed E-state index contributed by atoms with van der Waals surface area (Å²) in [6.07, 6.45) is 1.46. The average molecular weight is 231 g/mol. The van der Waals surface area contributed by atoms with Crippen LogP contribution in [0.15, 0.2) is 10.8 Å². The quantitative estimate of drug-likeness (QED) is 0.684. The van der Waals surface area contributed by atoms with E-state index in [1.165, 1.54) is 13.3 Å². The molecule has 1 aromatic heterocycles. The second-order valence-electron chi connectivity index (χ2n) is 2.12. The number of aryl methyl sites for hydroxylation is 1. The lowest BCUT2D eigenvalue weighted by Crippen LogP contribution is -2.07. The first-order chi connectivity index (χ1) is 5.65. The molecule has 0 spiro atoms. The molecule has 0 aliphatic heterocycles. The summed E-state index contributed by atoms with van der Waals surface area (Å²) in [5.74, 6) is -0.465. The van der Waals surface area contributed by atoms with Crippen molar-refractivity contribution >= 4 is 21.9 Å². The molecule has 1 aromatic rings. The molecule has 0 radical (unpaired) electrons. The van der Waals surface area contributed by atoms with E-state index in [1.54, 1.807) is 6.92 Å². The lowest BCUT2D eigenvalue weighted by molar-refractivity contribution is 0.0592. The third kappa shape index (κ3) is 1.79. The Bertz CT molecular complexity index is 314. The third-order valence-electron chi connectivity index (χ3n) is 1.30. The highest BCUT2D eigenvalue weighted by molar-refractivity contribution is 9.10. The molecule has 0 atom stereocenters. The Morgan fingerprint density at radius 2 is 2.33 bits per heavy atom. The molecule has 0 unspecified atom stereocenters. The Morgan fingerprint density at radius 1 is 1.67 bits per heavy atom. The van der Waals surface area contributed by atoms with Gasteiger partial charge in [0.25, 0.3) is 0 Å². The Hall–Kier alpha value is -0.970. The van der Waals surface area contributed by atoms with Gasteiger partial charge in [-0.05, 0) is 22.9 Å². The van der Waals surface area contributed by atoms with Crippen LogP contribution in [0.3, 0.4) is 0 Å². The van der Waals surface area contributed by atoms with Crippen LogP contribution in [-0.4, -0.2) is 23.0 Å². The van der Waals surface area contributed by atoms with E-state index < -0.39 is 5.97 Å². The highest BCUT2D eigenvalue weighted by Gasteiger charge is 2.11. The number of aromatic nitrogens is 2. The van der Waals surface area contributed by atoms with Gasteiger partial charge in [0.05, 0.1) is 19.0 Å². The fraction of sp³-hybridized carbons (Fsp3) is 0.286. The highest BCUT2D eigenvalue weighted by atomic mass is 79.9. The number of ether oxygens (including phenoxy) is 1. The Balaban J connectivity index is 3.09. The average Bonchev–Trinajstić information content (AvgIpc) is 2.03. The minimum atomic E-state index is -0.465. The highest BCUT2D eigenvalue weighted by Crippen LogP contribution is 2.08. The number of hydrogen-bond acceptors (Lipinski definition) is 4. The first kappa shape index (κ1) is 9.12. The number of hydrogen-bond donors (Lipinski definition) is 0. The molecule has 1 heterocycles. The SMILES string of the molecule is COC(=O)c1ncc(Br)nc1C. The Kier molecular flexibility index (Phi) is 2.75. The van der Waals surface area contributed by atoms with Crippen LogP contribution in [0.2, 0.25) is 0 Å². The van der Waals surface area contributed by atoms with E-state index in [9.17, 15) is 4.79 Å². The molecule has 4 nitrogen and oxygen atoms in total. The number of methoxy groups -OCH3 is 1. The molecule has 0 aliphatic rings. The molecule has 0 amide bonds. The van der Waals surface area contributed by atoms with Gasteiger partial charge in [-0.1, -0.05) is 0 Å². The summed E-state index contributed by atoms with van der Waals surface area (Å²) in [4.78, 5) is 18.9. The molecule has 0 N–H and O–H groups in total. The summed E-state index contributed by atoms with van der Waals surface area (Å²) < 4.78 is 5.10. The second-order valence-corrected chi connectivity index (χ2v) is 2.93. The monoisotopic (exact) mass is 230 g/mol. The molecule has 0 aliphatic carbocycles. The van der Waals surface area contributed by atoms with Gasteiger partial charge in [0.15, 0.2) is 5.69 Å². The maximum atomic E-state index is 11.0. The van der Waals surface area contributed by atoms with Crippen LogP contribution in [-0.2, 0) is 4.74 Å². The van der Waals surface area contributed by atoms with Crippen molar-refractivity contribution in [2.24, 2.45) is 0 Å². The van der Waals surface area contributed by atoms with Crippen molar-refractivity contribution in [1.29, 1.82) is 0 Å². The van der Waals surface area contributed by atoms with Crippen LogP contribution >= 0.6 is 15.9 Å². The van der Waals surface area contributed by atoms with E-state index in [-0.39, 0.29) is 5.69 Å². The van der Waals surface area contributed by atoms with E-state index in [2.05, 4.69) is 30.6 Å². The molecule has 12 heavy (non-hydrogen) atoms. The van der Waals surface area contributed by atoms with Gasteiger partial charge in [-0.25, -0.2) is 14.8 Å². The van der Waals surface area contributed by atoms with Crippen molar-refractivity contribution in [3.05, 3.63) is 22.2 Å². The van der Waals surface area contributed by atoms with Gasteiger partial charge in [0.1, 0.15) is 4.60 Å². The summed E-state index contributed by atoms with van der Waals surface area (Å²) in [7, 11) is 1.31. The topological polar surface area (TPSA) is 52.1 Å². The minimum Gasteiger partial charge on any atom is -0.464 e. The number of carbonyl (C=O) groups is 1. The Morgan fingerprint density at radius 3 is 2.83 bits per heavy atom. The standard InChI is InChI=1S/C7H7BrN2O2/c1-4-6(7(11)12-2)9-3-5(8)10-4/h3H,1-2H3. The van der Waals surface area contributed by atoms with Gasteiger partial charge >= 0.3 is 5.97 Å². The maximum Gasteiger partial charge on any atom is 0.358 e. The van der Waals surface area contributed by atoms with Crippen LogP contribution in [0, 0.1) is 6.92 Å². The predicted molar refractivity (Wildman–Crippen MR) is 45.8 cm³/mol. The summed E-state index contributed by atoms with van der Waals surface area (Å²) in [6, 6.07) is 0. The summed E-state index contributed by atoms with van der Waals surface area (Å²) in [5.41, 5.74) is 0.803. The first-order valence-electron chi connectivity index (χ1n) is 3.22. The largest absolute Gasteiger partial charge is 0.464 e. The zero-order valence-corrected chi connectivity index (χ0v) is 8.25. The van der Waals surface area contributed by atoms with Crippen molar-refractivity contribution in [1.82, 2.24) is 9.97 Å². The molecule has 0 bridgehead atoms. The van der Waals surface area contributed by atoms with E-state index in [0.29, 0.717) is 10.3 Å². The van der Waals surface area contributed by atoms with Crippen LogP contribution in [0.25, 0.3) is 0 Å². The van der Waals surface area contributed by atoms with Gasteiger partial charge < -0.3 is 4.74 Å². The van der Waals surface area contributed by atoms with Crippen molar-refractivity contribution in [3.63, 3.8) is 0 Å². The molecule has 0 fully saturated rings. The molecule has 0 saturated carbocycles. The fourth-order valence-corrected chi connectivity index (χ4v) is 1.12. The second kappa shape index (κ2) is 3.62. The number of esters is 1. The molecule has 5 heteroatoms. The normalized spacial score (nSPS) is 9.58. The lowest BCUT2D eigenvalue weighted by atomic mass is 10.3. The van der Waals surface area contributed by atoms with Crippen molar-refractivity contribution in [2.75, 3.05) is 7.11 Å². The number of nitrogens with zero attached hydrogens (tertiary/aromatic N) is 2. The van der Waals surface area contributed by atoms with E-state index in [0.717, 1.165) is 0 Å². The fourth-order valence-electron chi connectivity index (χ4n) is 0.750. The number of rotatable bonds is 1. The van der Waals surface area contributed by atoms with Gasteiger partial charge in [-0.2, -0.15) is 0 Å². The summed E-state index contributed by atoms with van der Waals surface area (Å²) in [6.45, 7) is 1.70. The van der Waals surface area contributed by atoms with Gasteiger partial charge in [-0.3, -0.25) is 0 Å². The zero-order valence-electron chi connectivity index (χ0n) is 6.67. The lowest BCUT2D eigenvalue weighted by Gasteiger charge is -2.00. The van der Waals surface area contributed by atoms with Gasteiger partial charge in [-0.15, -0.1) is 0 Å². The smallest absolute Gasteiger partial charge is 0.358 e. The van der Waals surface area contributed by atoms with Crippen LogP contribution in [0.4, 0.5) is 0 Å². The van der Waals surface area contributed by atoms with Gasteiger partial charge in [0, 0.05) is 0 Å². The van der Waals surface area contributed by atoms with Crippen molar-refractivity contribution in [3.8, 4) is 0 Å². The third-order valence-corrected chi connectivity index (χ3v) is 1.68. The summed E-state index contributed by atoms with van der Waals surface area (Å²) >= 11 is 3.14. The summed E-state index contributed by atoms with van der Waals surface area (Å²) in [5, 5.41) is 0. The van der Waals surface area contributed by atoms with E-state index in [1.807, 2.05) is 0 Å². The Labute approximate surface area is 78.1 Å². The van der Waals surface area contributed by atoms with Crippen LogP contribution in [0.5, 0.6) is 0 Å². The minimum absolute atomic E-state index is 0.251. The molecular formula is C7H7BrN2O2. The molecule has 1 rings (SSSR count). The van der Waals surface area contributed by atoms with Crippen LogP contribution < -0.4 is 0 Å². The molecule has 0 aromatic carbocycles.